The molecule has 0 amide bonds. The lowest BCUT2D eigenvalue weighted by molar-refractivity contribution is -0.141. The summed E-state index contributed by atoms with van der Waals surface area (Å²) < 4.78 is 39.5. The molecule has 2 heterocycles. The highest BCUT2D eigenvalue weighted by Gasteiger charge is 2.34. The quantitative estimate of drug-likeness (QED) is 0.827. The van der Waals surface area contributed by atoms with Crippen molar-refractivity contribution in [1.29, 1.82) is 0 Å². The summed E-state index contributed by atoms with van der Waals surface area (Å²) in [5.41, 5.74) is -0.489. The van der Waals surface area contributed by atoms with E-state index in [-0.39, 0.29) is 17.7 Å². The van der Waals surface area contributed by atoms with Gasteiger partial charge < -0.3 is 4.90 Å². The molecule has 0 aromatic carbocycles. The molecule has 0 bridgehead atoms. The summed E-state index contributed by atoms with van der Waals surface area (Å²) in [5, 5.41) is 0. The number of aromatic nitrogens is 3. The lowest BCUT2D eigenvalue weighted by atomic mass is 10.1. The molecule has 0 atom stereocenters. The van der Waals surface area contributed by atoms with Crippen LogP contribution in [0.15, 0.2) is 30.6 Å². The molecule has 2 rings (SSSR count). The highest BCUT2D eigenvalue weighted by atomic mass is 19.4. The van der Waals surface area contributed by atoms with Gasteiger partial charge >= 0.3 is 6.18 Å². The number of nitrogens with zero attached hydrogens (tertiary/aromatic N) is 4. The molecule has 0 saturated heterocycles. The molecule has 0 unspecified atom stereocenters. The molecule has 4 nitrogen and oxygen atoms in total. The number of hydrogen-bond donors (Lipinski definition) is 0. The van der Waals surface area contributed by atoms with Crippen LogP contribution in [-0.4, -0.2) is 28.0 Å². The maximum Gasteiger partial charge on any atom is 0.433 e. The molecule has 0 spiro atoms. The van der Waals surface area contributed by atoms with Crippen molar-refractivity contribution in [3.8, 4) is 11.4 Å². The van der Waals surface area contributed by atoms with Crippen LogP contribution in [0.1, 0.15) is 32.4 Å². The van der Waals surface area contributed by atoms with Crippen LogP contribution >= 0.6 is 0 Å². The third kappa shape index (κ3) is 3.97. The van der Waals surface area contributed by atoms with E-state index in [4.69, 9.17) is 0 Å². The van der Waals surface area contributed by atoms with Crippen LogP contribution in [0.5, 0.6) is 0 Å². The van der Waals surface area contributed by atoms with Crippen molar-refractivity contribution in [2.24, 2.45) is 0 Å². The zero-order chi connectivity index (χ0) is 17.0. The first kappa shape index (κ1) is 17.2. The highest BCUT2D eigenvalue weighted by molar-refractivity contribution is 5.57. The van der Waals surface area contributed by atoms with E-state index in [1.807, 2.05) is 13.8 Å². The van der Waals surface area contributed by atoms with Gasteiger partial charge in [0.05, 0.1) is 0 Å². The first-order valence-corrected chi connectivity index (χ1v) is 7.46. The summed E-state index contributed by atoms with van der Waals surface area (Å²) in [7, 11) is 1.76. The van der Waals surface area contributed by atoms with Gasteiger partial charge in [0.15, 0.2) is 11.5 Å². The number of alkyl halides is 3. The molecule has 0 saturated carbocycles. The minimum Gasteiger partial charge on any atom is -0.357 e. The molecule has 23 heavy (non-hydrogen) atoms. The van der Waals surface area contributed by atoms with Crippen molar-refractivity contribution >= 4 is 5.82 Å². The summed E-state index contributed by atoms with van der Waals surface area (Å²) in [6.07, 6.45) is 0.120. The van der Waals surface area contributed by atoms with Gasteiger partial charge in [-0.15, -0.1) is 0 Å². The van der Waals surface area contributed by atoms with Crippen LogP contribution in [0.3, 0.4) is 0 Å². The Balaban J connectivity index is 2.54. The smallest absolute Gasteiger partial charge is 0.357 e. The normalized spacial score (nSPS) is 11.8. The fraction of sp³-hybridized carbons (Fsp3) is 0.438. The van der Waals surface area contributed by atoms with Crippen molar-refractivity contribution in [3.05, 3.63) is 36.3 Å². The van der Waals surface area contributed by atoms with E-state index < -0.39 is 11.9 Å². The summed E-state index contributed by atoms with van der Waals surface area (Å²) in [6.45, 7) is 4.00. The topological polar surface area (TPSA) is 41.9 Å². The fourth-order valence-electron chi connectivity index (χ4n) is 2.41. The van der Waals surface area contributed by atoms with Crippen molar-refractivity contribution in [2.45, 2.75) is 38.9 Å². The van der Waals surface area contributed by atoms with E-state index in [9.17, 15) is 13.2 Å². The summed E-state index contributed by atoms with van der Waals surface area (Å²) in [6, 6.07) is 4.40. The van der Waals surface area contributed by atoms with Gasteiger partial charge in [0.25, 0.3) is 0 Å². The number of hydrogen-bond acceptors (Lipinski definition) is 4. The minimum atomic E-state index is -4.52. The van der Waals surface area contributed by atoms with Crippen LogP contribution in [0.25, 0.3) is 11.4 Å². The Kier molecular flexibility index (Phi) is 5.18. The predicted molar refractivity (Wildman–Crippen MR) is 83.0 cm³/mol. The zero-order valence-corrected chi connectivity index (χ0v) is 13.3. The van der Waals surface area contributed by atoms with Gasteiger partial charge in [0.1, 0.15) is 5.82 Å². The largest absolute Gasteiger partial charge is 0.433 e. The minimum absolute atomic E-state index is 0.0285. The van der Waals surface area contributed by atoms with Crippen molar-refractivity contribution in [1.82, 2.24) is 15.0 Å². The Morgan fingerprint density at radius 1 is 1.17 bits per heavy atom. The lowest BCUT2D eigenvalue weighted by Gasteiger charge is -2.28. The molecule has 0 radical (unpaired) electrons. The first-order chi connectivity index (χ1) is 10.9. The Morgan fingerprint density at radius 3 is 2.39 bits per heavy atom. The van der Waals surface area contributed by atoms with E-state index in [0.717, 1.165) is 18.9 Å². The molecule has 2 aromatic heterocycles. The van der Waals surface area contributed by atoms with Crippen LogP contribution in [0.2, 0.25) is 0 Å². The average molecular weight is 324 g/mol. The molecule has 0 aliphatic heterocycles. The average Bonchev–Trinajstić information content (AvgIpc) is 2.55. The number of halogens is 3. The Bertz CT molecular complexity index is 640. The maximum absolute atomic E-state index is 13.2. The molecule has 0 fully saturated rings. The third-order valence-corrected chi connectivity index (χ3v) is 3.77. The van der Waals surface area contributed by atoms with Gasteiger partial charge in [0, 0.05) is 37.1 Å². The van der Waals surface area contributed by atoms with Crippen LogP contribution in [0, 0.1) is 0 Å². The number of rotatable bonds is 5. The van der Waals surface area contributed by atoms with Crippen LogP contribution in [-0.2, 0) is 6.18 Å². The first-order valence-electron chi connectivity index (χ1n) is 7.46. The molecule has 2 aromatic rings. The monoisotopic (exact) mass is 324 g/mol. The lowest BCUT2D eigenvalue weighted by Crippen LogP contribution is -2.31. The fourth-order valence-corrected chi connectivity index (χ4v) is 2.41. The van der Waals surface area contributed by atoms with Crippen molar-refractivity contribution in [3.63, 3.8) is 0 Å². The van der Waals surface area contributed by atoms with Crippen molar-refractivity contribution in [2.75, 3.05) is 11.9 Å². The molecule has 124 valence electrons. The van der Waals surface area contributed by atoms with E-state index in [1.165, 1.54) is 6.20 Å². The van der Waals surface area contributed by atoms with Gasteiger partial charge in [-0.1, -0.05) is 13.8 Å². The van der Waals surface area contributed by atoms with E-state index in [0.29, 0.717) is 5.56 Å². The van der Waals surface area contributed by atoms with Crippen LogP contribution < -0.4 is 4.90 Å². The van der Waals surface area contributed by atoms with E-state index >= 15 is 0 Å². The molecule has 0 aliphatic rings. The van der Waals surface area contributed by atoms with Crippen molar-refractivity contribution < 1.29 is 13.2 Å². The van der Waals surface area contributed by atoms with Gasteiger partial charge in [-0.25, -0.2) is 9.97 Å². The SMILES string of the molecule is CCC(CC)N(C)c1cc(C(F)(F)F)nc(-c2cccnc2)n1. The molecule has 0 aliphatic carbocycles. The van der Waals surface area contributed by atoms with Crippen LogP contribution in [0.4, 0.5) is 19.0 Å². The second-order valence-electron chi connectivity index (χ2n) is 5.26. The Hall–Kier alpha value is -2.18. The second kappa shape index (κ2) is 6.93. The predicted octanol–water partition coefficient (Wildman–Crippen LogP) is 4.18. The van der Waals surface area contributed by atoms with Gasteiger partial charge in [-0.05, 0) is 25.0 Å². The maximum atomic E-state index is 13.2. The molecule has 0 N–H and O–H groups in total. The summed E-state index contributed by atoms with van der Waals surface area (Å²) in [5.74, 6) is 0.292. The molecular weight excluding hydrogens is 305 g/mol. The summed E-state index contributed by atoms with van der Waals surface area (Å²) >= 11 is 0. The van der Waals surface area contributed by atoms with E-state index in [2.05, 4.69) is 15.0 Å². The van der Waals surface area contributed by atoms with E-state index in [1.54, 1.807) is 30.3 Å². The van der Waals surface area contributed by atoms with Gasteiger partial charge in [-0.3, -0.25) is 4.98 Å². The van der Waals surface area contributed by atoms with Gasteiger partial charge in [-0.2, -0.15) is 13.2 Å². The van der Waals surface area contributed by atoms with Gasteiger partial charge in [0.2, 0.25) is 0 Å². The molecule has 7 heteroatoms. The third-order valence-electron chi connectivity index (χ3n) is 3.77. The highest BCUT2D eigenvalue weighted by Crippen LogP contribution is 2.32. The standard InChI is InChI=1S/C16H19F3N4/c1-4-12(5-2)23(3)14-9-13(16(17,18)19)21-15(22-14)11-7-6-8-20-10-11/h6-10,12H,4-5H2,1-3H3. The number of pyridine rings is 1. The second-order valence-corrected chi connectivity index (χ2v) is 5.26. The Morgan fingerprint density at radius 2 is 1.87 bits per heavy atom. The molecular formula is C16H19F3N4. The summed E-state index contributed by atoms with van der Waals surface area (Å²) in [4.78, 5) is 13.7. The zero-order valence-electron chi connectivity index (χ0n) is 13.3. The number of anilines is 1. The Labute approximate surface area is 133 Å².